The van der Waals surface area contributed by atoms with E-state index in [1.54, 1.807) is 0 Å². The number of hydrogen-bond acceptors (Lipinski definition) is 2. The molecule has 0 saturated carbocycles. The predicted molar refractivity (Wildman–Crippen MR) is 181 cm³/mol. The van der Waals surface area contributed by atoms with Gasteiger partial charge in [0.1, 0.15) is 32.9 Å². The van der Waals surface area contributed by atoms with Crippen molar-refractivity contribution in [3.8, 4) is 0 Å². The quantitative estimate of drug-likeness (QED) is 0.0887. The largest absolute Gasteiger partial charge is 0.345 e. The summed E-state index contributed by atoms with van der Waals surface area (Å²) in [6.45, 7) is 33.1. The Morgan fingerprint density at radius 1 is 0.278 bits per heavy atom. The highest BCUT2D eigenvalue weighted by Gasteiger charge is 2.46. The molecular weight excluding hydrogens is 501 g/mol. The van der Waals surface area contributed by atoms with Gasteiger partial charge in [-0.2, -0.15) is 0 Å². The van der Waals surface area contributed by atoms with E-state index >= 15 is 0 Å². The maximum atomic E-state index is 3.30. The Hall–Kier alpha value is 0.788. The zero-order valence-corrected chi connectivity index (χ0v) is 31.6. The topological polar surface area (TPSA) is 6.48 Å². The van der Waals surface area contributed by atoms with E-state index in [1.165, 1.54) is 111 Å². The van der Waals surface area contributed by atoms with Crippen molar-refractivity contribution in [1.82, 2.24) is 8.46 Å². The summed E-state index contributed by atoms with van der Waals surface area (Å²) in [5, 5.41) is 0. The van der Waals surface area contributed by atoms with Crippen LogP contribution in [-0.2, 0) is 0 Å². The summed E-state index contributed by atoms with van der Waals surface area (Å²) >= 11 is 0. The monoisotopic (exact) mass is 572 g/mol. The molecule has 0 rings (SSSR count). The first-order valence-electron chi connectivity index (χ1n) is 16.8. The molecule has 0 amide bonds. The molecule has 0 atom stereocenters. The molecule has 0 aliphatic rings. The fourth-order valence-electron chi connectivity index (χ4n) is 8.14. The SMILES string of the molecule is CC[Si](CC)(CC)N(CCCCCCN([Si](CC)(CC)CC)[Si](CC)(CC)CC)[Si](CC)(CC)CC. The lowest BCUT2D eigenvalue weighted by molar-refractivity contribution is 0.492. The smallest absolute Gasteiger partial charge is 0.120 e. The second-order valence-electron chi connectivity index (χ2n) is 11.9. The summed E-state index contributed by atoms with van der Waals surface area (Å²) in [6, 6.07) is 17.5. The maximum absolute atomic E-state index is 3.30. The van der Waals surface area contributed by atoms with Crippen LogP contribution in [0, 0.1) is 0 Å². The first kappa shape index (κ1) is 36.8. The van der Waals surface area contributed by atoms with Crippen molar-refractivity contribution in [2.24, 2.45) is 0 Å². The first-order chi connectivity index (χ1) is 17.2. The molecule has 0 spiro atoms. The van der Waals surface area contributed by atoms with Gasteiger partial charge in [0.25, 0.3) is 0 Å². The standard InChI is InChI=1S/C30H72N2Si4/c1-13-33(14-2,15-3)31(34(16-4,17-5)18-6)29-27-25-26-28-30-32(35(19-7,20-8)21-9)36(22-10,23-11)24-12/h13-30H2,1-12H3. The molecule has 0 aromatic carbocycles. The highest BCUT2D eigenvalue weighted by Crippen LogP contribution is 2.37. The Bertz CT molecular complexity index is 420. The first-order valence-corrected chi connectivity index (χ1v) is 27.0. The lowest BCUT2D eigenvalue weighted by Crippen LogP contribution is -2.66. The van der Waals surface area contributed by atoms with E-state index in [4.69, 9.17) is 0 Å². The van der Waals surface area contributed by atoms with E-state index in [9.17, 15) is 0 Å². The van der Waals surface area contributed by atoms with Gasteiger partial charge in [-0.25, -0.2) is 0 Å². The van der Waals surface area contributed by atoms with Gasteiger partial charge in [-0.15, -0.1) is 0 Å². The predicted octanol–water partition coefficient (Wildman–Crippen LogP) is 11.2. The second-order valence-corrected chi connectivity index (χ2v) is 33.2. The maximum Gasteiger partial charge on any atom is 0.120 e. The average molecular weight is 573 g/mol. The van der Waals surface area contributed by atoms with Crippen LogP contribution in [0.25, 0.3) is 0 Å². The van der Waals surface area contributed by atoms with Crippen LogP contribution in [0.3, 0.4) is 0 Å². The molecule has 0 heterocycles. The summed E-state index contributed by atoms with van der Waals surface area (Å²) in [5.74, 6) is 0. The second kappa shape index (κ2) is 18.2. The Labute approximate surface area is 235 Å². The van der Waals surface area contributed by atoms with Crippen molar-refractivity contribution in [2.75, 3.05) is 13.1 Å². The summed E-state index contributed by atoms with van der Waals surface area (Å²) < 4.78 is 6.61. The van der Waals surface area contributed by atoms with Crippen molar-refractivity contribution in [2.45, 2.75) is 181 Å². The number of unbranched alkanes of at least 4 members (excludes halogenated alkanes) is 3. The van der Waals surface area contributed by atoms with Crippen molar-refractivity contribution in [3.63, 3.8) is 0 Å². The van der Waals surface area contributed by atoms with E-state index in [2.05, 4.69) is 91.5 Å². The fraction of sp³-hybridized carbons (Fsp3) is 1.00. The molecule has 0 aliphatic heterocycles. The molecule has 6 heteroatoms. The zero-order chi connectivity index (χ0) is 27.9. The number of nitrogens with zero attached hydrogens (tertiary/aromatic N) is 2. The zero-order valence-electron chi connectivity index (χ0n) is 27.6. The van der Waals surface area contributed by atoms with Crippen LogP contribution in [0.1, 0.15) is 109 Å². The number of rotatable bonds is 23. The minimum absolute atomic E-state index is 1.31. The van der Waals surface area contributed by atoms with Gasteiger partial charge in [-0.1, -0.05) is 95.9 Å². The Morgan fingerprint density at radius 2 is 0.444 bits per heavy atom. The molecular formula is C30H72N2Si4. The third-order valence-corrected chi connectivity index (χ3v) is 38.7. The van der Waals surface area contributed by atoms with Gasteiger partial charge in [0.2, 0.25) is 0 Å². The normalized spacial score (nSPS) is 13.8. The third-order valence-electron chi connectivity index (χ3n) is 11.7. The summed E-state index contributed by atoms with van der Waals surface area (Å²) in [5.41, 5.74) is 0. The molecule has 0 aromatic heterocycles. The molecule has 2 nitrogen and oxygen atoms in total. The molecule has 0 bridgehead atoms. The van der Waals surface area contributed by atoms with Gasteiger partial charge in [-0.05, 0) is 98.5 Å². The summed E-state index contributed by atoms with van der Waals surface area (Å²) in [4.78, 5) is 0. The van der Waals surface area contributed by atoms with Crippen LogP contribution in [0.15, 0.2) is 0 Å². The van der Waals surface area contributed by atoms with Crippen LogP contribution in [0.4, 0.5) is 0 Å². The molecule has 0 aromatic rings. The molecule has 0 N–H and O–H groups in total. The lowest BCUT2D eigenvalue weighted by atomic mass is 10.2. The Morgan fingerprint density at radius 3 is 0.583 bits per heavy atom. The highest BCUT2D eigenvalue weighted by atomic mass is 28.4. The molecule has 0 aliphatic carbocycles. The van der Waals surface area contributed by atoms with Crippen LogP contribution in [0.5, 0.6) is 0 Å². The van der Waals surface area contributed by atoms with Crippen LogP contribution >= 0.6 is 0 Å². The van der Waals surface area contributed by atoms with Gasteiger partial charge in [0, 0.05) is 0 Å². The van der Waals surface area contributed by atoms with Crippen molar-refractivity contribution in [1.29, 1.82) is 0 Å². The molecule has 0 radical (unpaired) electrons. The van der Waals surface area contributed by atoms with Crippen molar-refractivity contribution in [3.05, 3.63) is 0 Å². The summed E-state index contributed by atoms with van der Waals surface area (Å²) in [7, 11) is -5.25. The van der Waals surface area contributed by atoms with Crippen LogP contribution in [0.2, 0.25) is 72.5 Å². The Balaban J connectivity index is 5.50. The highest BCUT2D eigenvalue weighted by molar-refractivity contribution is 6.93. The van der Waals surface area contributed by atoms with E-state index < -0.39 is 32.9 Å². The third kappa shape index (κ3) is 8.15. The minimum atomic E-state index is -1.31. The van der Waals surface area contributed by atoms with Crippen molar-refractivity contribution >= 4 is 32.9 Å². The summed E-state index contributed by atoms with van der Waals surface area (Å²) in [6.07, 6.45) is 5.79. The Kier molecular flexibility index (Phi) is 18.6. The van der Waals surface area contributed by atoms with E-state index in [0.717, 1.165) is 0 Å². The lowest BCUT2D eigenvalue weighted by Gasteiger charge is -2.52. The van der Waals surface area contributed by atoms with Crippen molar-refractivity contribution < 1.29 is 0 Å². The fourth-order valence-corrected chi connectivity index (χ4v) is 35.0. The van der Waals surface area contributed by atoms with E-state index in [-0.39, 0.29) is 0 Å². The van der Waals surface area contributed by atoms with Gasteiger partial charge in [0.15, 0.2) is 0 Å². The molecule has 218 valence electrons. The van der Waals surface area contributed by atoms with E-state index in [1.807, 2.05) is 0 Å². The van der Waals surface area contributed by atoms with Gasteiger partial charge < -0.3 is 8.46 Å². The van der Waals surface area contributed by atoms with Crippen LogP contribution in [-0.4, -0.2) is 54.5 Å². The molecule has 0 saturated heterocycles. The van der Waals surface area contributed by atoms with E-state index in [0.29, 0.717) is 0 Å². The van der Waals surface area contributed by atoms with Gasteiger partial charge in [0.05, 0.1) is 0 Å². The molecule has 0 fully saturated rings. The van der Waals surface area contributed by atoms with Gasteiger partial charge in [-0.3, -0.25) is 0 Å². The average Bonchev–Trinajstić information content (AvgIpc) is 2.94. The molecule has 36 heavy (non-hydrogen) atoms. The molecule has 0 unspecified atom stereocenters. The van der Waals surface area contributed by atoms with Crippen LogP contribution < -0.4 is 0 Å². The minimum Gasteiger partial charge on any atom is -0.345 e. The van der Waals surface area contributed by atoms with Gasteiger partial charge >= 0.3 is 0 Å². The number of hydrogen-bond donors (Lipinski definition) is 0.